The highest BCUT2D eigenvalue weighted by molar-refractivity contribution is 7.99. The molecule has 2 rings (SSSR count). The number of thioether (sulfide) groups is 1. The molecule has 1 aromatic carbocycles. The first-order chi connectivity index (χ1) is 9.06. The van der Waals surface area contributed by atoms with Crippen LogP contribution in [0.25, 0.3) is 11.0 Å². The van der Waals surface area contributed by atoms with Gasteiger partial charge in [0.1, 0.15) is 0 Å². The number of carbonyl (C=O) groups excluding carboxylic acids is 1. The number of hydrogen-bond donors (Lipinski definition) is 3. The number of rotatable bonds is 6. The molecule has 0 bridgehead atoms. The van der Waals surface area contributed by atoms with E-state index >= 15 is 0 Å². The second kappa shape index (κ2) is 6.08. The number of fused-ring (bicyclic) bond motifs is 1. The lowest BCUT2D eigenvalue weighted by molar-refractivity contribution is -0.119. The molecule has 1 amide bonds. The largest absolute Gasteiger partial charge is 0.368 e. The lowest BCUT2D eigenvalue weighted by Crippen LogP contribution is -2.46. The van der Waals surface area contributed by atoms with Crippen molar-refractivity contribution in [3.63, 3.8) is 0 Å². The first-order valence-electron chi connectivity index (χ1n) is 6.19. The molecular weight excluding hydrogens is 260 g/mol. The predicted octanol–water partition coefficient (Wildman–Crippen LogP) is 1.51. The van der Waals surface area contributed by atoms with Crippen LogP contribution in [0.2, 0.25) is 0 Å². The summed E-state index contributed by atoms with van der Waals surface area (Å²) in [7, 11) is 0. The Morgan fingerprint density at radius 1 is 1.47 bits per heavy atom. The molecular formula is C13H18N4OS. The Morgan fingerprint density at radius 2 is 2.21 bits per heavy atom. The summed E-state index contributed by atoms with van der Waals surface area (Å²) in [6, 6.07) is 7.70. The minimum Gasteiger partial charge on any atom is -0.368 e. The van der Waals surface area contributed by atoms with Gasteiger partial charge < -0.3 is 16.0 Å². The summed E-state index contributed by atoms with van der Waals surface area (Å²) in [6.45, 7) is 3.98. The minimum atomic E-state index is -0.349. The molecule has 1 aromatic heterocycles. The van der Waals surface area contributed by atoms with Crippen molar-refractivity contribution < 1.29 is 4.79 Å². The van der Waals surface area contributed by atoms with Crippen molar-refractivity contribution >= 4 is 28.7 Å². The Labute approximate surface area is 116 Å². The average Bonchev–Trinajstić information content (AvgIpc) is 2.76. The van der Waals surface area contributed by atoms with Crippen LogP contribution in [-0.2, 0) is 4.79 Å². The summed E-state index contributed by atoms with van der Waals surface area (Å²) in [6.07, 6.45) is 0. The number of H-pyrrole nitrogens is 1. The maximum Gasteiger partial charge on any atom is 0.235 e. The second-order valence-corrected chi connectivity index (χ2v) is 5.66. The molecule has 0 radical (unpaired) electrons. The number of benzene rings is 1. The standard InChI is InChI=1S/C13H18N4OS/c1-8(2)15-11(12(14)18)7-19-13-16-9-5-3-4-6-10(9)17-13/h3-6,8,11,15H,7H2,1-2H3,(H2,14,18)(H,16,17). The maximum atomic E-state index is 11.3. The smallest absolute Gasteiger partial charge is 0.235 e. The molecule has 0 saturated carbocycles. The molecule has 2 aromatic rings. The van der Waals surface area contributed by atoms with Gasteiger partial charge >= 0.3 is 0 Å². The Bertz CT molecular complexity index is 534. The number of carbonyl (C=O) groups is 1. The molecule has 0 saturated heterocycles. The van der Waals surface area contributed by atoms with E-state index in [9.17, 15) is 4.79 Å². The number of hydrogen-bond acceptors (Lipinski definition) is 4. The van der Waals surface area contributed by atoms with E-state index in [1.54, 1.807) is 0 Å². The maximum absolute atomic E-state index is 11.3. The number of aromatic nitrogens is 2. The first-order valence-corrected chi connectivity index (χ1v) is 7.17. The van der Waals surface area contributed by atoms with Gasteiger partial charge in [0.2, 0.25) is 5.91 Å². The van der Waals surface area contributed by atoms with E-state index in [0.29, 0.717) is 5.75 Å². The second-order valence-electron chi connectivity index (χ2n) is 4.65. The number of para-hydroxylation sites is 2. The highest BCUT2D eigenvalue weighted by atomic mass is 32.2. The minimum absolute atomic E-state index is 0.216. The van der Waals surface area contributed by atoms with Crippen molar-refractivity contribution in [3.05, 3.63) is 24.3 Å². The number of imidazole rings is 1. The van der Waals surface area contributed by atoms with Crippen molar-refractivity contribution in [1.82, 2.24) is 15.3 Å². The number of amides is 1. The molecule has 0 aliphatic rings. The molecule has 1 unspecified atom stereocenters. The molecule has 0 aliphatic carbocycles. The number of primary amides is 1. The molecule has 0 aliphatic heterocycles. The van der Waals surface area contributed by atoms with Crippen LogP contribution in [0.5, 0.6) is 0 Å². The molecule has 102 valence electrons. The Balaban J connectivity index is 2.02. The topological polar surface area (TPSA) is 83.8 Å². The van der Waals surface area contributed by atoms with Crippen LogP contribution in [0.1, 0.15) is 13.8 Å². The molecule has 1 atom stereocenters. The van der Waals surface area contributed by atoms with Crippen LogP contribution in [0.3, 0.4) is 0 Å². The monoisotopic (exact) mass is 278 g/mol. The number of nitrogens with one attached hydrogen (secondary N) is 2. The zero-order valence-corrected chi connectivity index (χ0v) is 11.8. The van der Waals surface area contributed by atoms with E-state index in [-0.39, 0.29) is 18.0 Å². The van der Waals surface area contributed by atoms with E-state index in [4.69, 9.17) is 5.73 Å². The Morgan fingerprint density at radius 3 is 2.84 bits per heavy atom. The van der Waals surface area contributed by atoms with E-state index < -0.39 is 0 Å². The third kappa shape index (κ3) is 3.71. The molecule has 1 heterocycles. The Hall–Kier alpha value is -1.53. The molecule has 4 N–H and O–H groups in total. The predicted molar refractivity (Wildman–Crippen MR) is 78.1 cm³/mol. The normalized spacial score (nSPS) is 13.0. The first kappa shape index (κ1) is 13.9. The van der Waals surface area contributed by atoms with Gasteiger partial charge in [-0.25, -0.2) is 4.98 Å². The van der Waals surface area contributed by atoms with Crippen molar-refractivity contribution in [2.24, 2.45) is 5.73 Å². The third-order valence-electron chi connectivity index (χ3n) is 2.63. The van der Waals surface area contributed by atoms with Crippen molar-refractivity contribution in [3.8, 4) is 0 Å². The van der Waals surface area contributed by atoms with Crippen LogP contribution >= 0.6 is 11.8 Å². The van der Waals surface area contributed by atoms with Gasteiger partial charge in [0.05, 0.1) is 17.1 Å². The van der Waals surface area contributed by atoms with Gasteiger partial charge in [-0.15, -0.1) is 0 Å². The van der Waals surface area contributed by atoms with Crippen LogP contribution in [0.4, 0.5) is 0 Å². The van der Waals surface area contributed by atoms with Gasteiger partial charge in [0, 0.05) is 11.8 Å². The van der Waals surface area contributed by atoms with Gasteiger partial charge in [-0.1, -0.05) is 37.7 Å². The SMILES string of the molecule is CC(C)NC(CSc1nc2ccccc2[nH]1)C(N)=O. The van der Waals surface area contributed by atoms with E-state index in [1.807, 2.05) is 38.1 Å². The Kier molecular flexibility index (Phi) is 4.44. The summed E-state index contributed by atoms with van der Waals surface area (Å²) < 4.78 is 0. The van der Waals surface area contributed by atoms with E-state index in [2.05, 4.69) is 15.3 Å². The summed E-state index contributed by atoms with van der Waals surface area (Å²) in [5.41, 5.74) is 7.30. The fourth-order valence-corrected chi connectivity index (χ4v) is 2.70. The fourth-order valence-electron chi connectivity index (χ4n) is 1.77. The van der Waals surface area contributed by atoms with Gasteiger partial charge in [0.15, 0.2) is 5.16 Å². The van der Waals surface area contributed by atoms with Crippen LogP contribution in [-0.4, -0.2) is 33.7 Å². The zero-order valence-electron chi connectivity index (χ0n) is 11.0. The summed E-state index contributed by atoms with van der Waals surface area (Å²) in [5.74, 6) is 0.227. The number of nitrogens with zero attached hydrogens (tertiary/aromatic N) is 1. The number of aromatic amines is 1. The van der Waals surface area contributed by atoms with Gasteiger partial charge in [0.25, 0.3) is 0 Å². The zero-order chi connectivity index (χ0) is 13.8. The molecule has 5 nitrogen and oxygen atoms in total. The third-order valence-corrected chi connectivity index (χ3v) is 3.60. The molecule has 6 heteroatoms. The van der Waals surface area contributed by atoms with Crippen molar-refractivity contribution in [2.45, 2.75) is 31.1 Å². The number of nitrogens with two attached hydrogens (primary N) is 1. The molecule has 0 fully saturated rings. The van der Waals surface area contributed by atoms with Gasteiger partial charge in [-0.2, -0.15) is 0 Å². The molecule has 19 heavy (non-hydrogen) atoms. The lowest BCUT2D eigenvalue weighted by atomic mass is 10.3. The van der Waals surface area contributed by atoms with Crippen LogP contribution in [0.15, 0.2) is 29.4 Å². The van der Waals surface area contributed by atoms with E-state index in [0.717, 1.165) is 16.2 Å². The van der Waals surface area contributed by atoms with Crippen molar-refractivity contribution in [1.29, 1.82) is 0 Å². The average molecular weight is 278 g/mol. The van der Waals surface area contributed by atoms with Crippen LogP contribution in [0, 0.1) is 0 Å². The highest BCUT2D eigenvalue weighted by Gasteiger charge is 2.17. The van der Waals surface area contributed by atoms with Gasteiger partial charge in [-0.3, -0.25) is 4.79 Å². The van der Waals surface area contributed by atoms with Gasteiger partial charge in [-0.05, 0) is 12.1 Å². The fraction of sp³-hybridized carbons (Fsp3) is 0.385. The quantitative estimate of drug-likeness (QED) is 0.699. The summed E-state index contributed by atoms with van der Waals surface area (Å²) in [4.78, 5) is 19.0. The van der Waals surface area contributed by atoms with Crippen molar-refractivity contribution in [2.75, 3.05) is 5.75 Å². The highest BCUT2D eigenvalue weighted by Crippen LogP contribution is 2.19. The molecule has 0 spiro atoms. The van der Waals surface area contributed by atoms with E-state index in [1.165, 1.54) is 11.8 Å². The summed E-state index contributed by atoms with van der Waals surface area (Å²) in [5, 5.41) is 3.95. The lowest BCUT2D eigenvalue weighted by Gasteiger charge is -2.16. The summed E-state index contributed by atoms with van der Waals surface area (Å²) >= 11 is 1.49. The van der Waals surface area contributed by atoms with Crippen LogP contribution < -0.4 is 11.1 Å².